The molecule has 19 heavy (non-hydrogen) atoms. The molecule has 1 aliphatic rings. The predicted octanol–water partition coefficient (Wildman–Crippen LogP) is 2.83. The van der Waals surface area contributed by atoms with Crippen molar-refractivity contribution in [3.05, 3.63) is 30.1 Å². The lowest BCUT2D eigenvalue weighted by Gasteiger charge is -2.38. The third-order valence-corrected chi connectivity index (χ3v) is 4.51. The molecule has 1 saturated carbocycles. The highest BCUT2D eigenvalue weighted by atomic mass is 15.1. The van der Waals surface area contributed by atoms with Gasteiger partial charge in [-0.3, -0.25) is 4.98 Å². The maximum Gasteiger partial charge on any atom is 0.0271 e. The first-order chi connectivity index (χ1) is 9.24. The highest BCUT2D eigenvalue weighted by molar-refractivity contribution is 5.09. The van der Waals surface area contributed by atoms with Crippen LogP contribution < -0.4 is 5.32 Å². The number of pyridine rings is 1. The minimum Gasteiger partial charge on any atom is -0.314 e. The molecule has 1 heterocycles. The first-order valence-electron chi connectivity index (χ1n) is 7.50. The van der Waals surface area contributed by atoms with Crippen LogP contribution in [0, 0.1) is 0 Å². The molecule has 0 unspecified atom stereocenters. The van der Waals surface area contributed by atoms with Gasteiger partial charge >= 0.3 is 0 Å². The molecule has 3 heteroatoms. The van der Waals surface area contributed by atoms with E-state index < -0.39 is 0 Å². The number of rotatable bonds is 6. The van der Waals surface area contributed by atoms with E-state index in [0.717, 1.165) is 13.1 Å². The molecule has 0 aliphatic heterocycles. The van der Waals surface area contributed by atoms with Crippen LogP contribution in [0.2, 0.25) is 0 Å². The molecule has 106 valence electrons. The summed E-state index contributed by atoms with van der Waals surface area (Å²) >= 11 is 0. The monoisotopic (exact) mass is 261 g/mol. The van der Waals surface area contributed by atoms with Crippen molar-refractivity contribution in [2.24, 2.45) is 0 Å². The number of hydrogen-bond acceptors (Lipinski definition) is 3. The Labute approximate surface area is 117 Å². The molecule has 0 bridgehead atoms. The minimum atomic E-state index is 0.394. The minimum absolute atomic E-state index is 0.394. The summed E-state index contributed by atoms with van der Waals surface area (Å²) in [5.41, 5.74) is 1.74. The van der Waals surface area contributed by atoms with Crippen LogP contribution in [0.3, 0.4) is 0 Å². The Kier molecular flexibility index (Phi) is 5.34. The number of nitrogens with zero attached hydrogens (tertiary/aromatic N) is 2. The summed E-state index contributed by atoms with van der Waals surface area (Å²) in [6.45, 7) is 2.17. The van der Waals surface area contributed by atoms with Gasteiger partial charge in [0.25, 0.3) is 0 Å². The fraction of sp³-hybridized carbons (Fsp3) is 0.688. The highest BCUT2D eigenvalue weighted by Crippen LogP contribution is 2.30. The average molecular weight is 261 g/mol. The van der Waals surface area contributed by atoms with Crippen LogP contribution in [0.25, 0.3) is 0 Å². The molecule has 1 aromatic rings. The van der Waals surface area contributed by atoms with Gasteiger partial charge in [-0.05, 0) is 57.6 Å². The quantitative estimate of drug-likeness (QED) is 0.853. The SMILES string of the molecule is CNC1(CCN(C)Cc2ccncc2)CCCCC1. The molecule has 0 atom stereocenters. The third kappa shape index (κ3) is 4.29. The van der Waals surface area contributed by atoms with Crippen LogP contribution in [-0.2, 0) is 6.54 Å². The topological polar surface area (TPSA) is 28.2 Å². The van der Waals surface area contributed by atoms with Gasteiger partial charge < -0.3 is 10.2 Å². The van der Waals surface area contributed by atoms with Crippen molar-refractivity contribution in [3.8, 4) is 0 Å². The molecule has 0 amide bonds. The lowest BCUT2D eigenvalue weighted by Crippen LogP contribution is -2.46. The second-order valence-electron chi connectivity index (χ2n) is 5.93. The molecule has 0 aromatic carbocycles. The van der Waals surface area contributed by atoms with Gasteiger partial charge in [-0.25, -0.2) is 0 Å². The van der Waals surface area contributed by atoms with Crippen LogP contribution in [0.1, 0.15) is 44.1 Å². The van der Waals surface area contributed by atoms with Crippen molar-refractivity contribution in [3.63, 3.8) is 0 Å². The van der Waals surface area contributed by atoms with E-state index in [2.05, 4.69) is 41.4 Å². The Morgan fingerprint density at radius 3 is 2.53 bits per heavy atom. The molecule has 2 rings (SSSR count). The van der Waals surface area contributed by atoms with Gasteiger partial charge in [0, 0.05) is 24.5 Å². The van der Waals surface area contributed by atoms with Crippen molar-refractivity contribution < 1.29 is 0 Å². The van der Waals surface area contributed by atoms with E-state index in [1.165, 1.54) is 44.1 Å². The largest absolute Gasteiger partial charge is 0.314 e. The van der Waals surface area contributed by atoms with Gasteiger partial charge in [0.1, 0.15) is 0 Å². The zero-order chi connectivity index (χ0) is 13.6. The van der Waals surface area contributed by atoms with Crippen molar-refractivity contribution in [2.75, 3.05) is 20.6 Å². The molecule has 0 spiro atoms. The second kappa shape index (κ2) is 7.01. The van der Waals surface area contributed by atoms with Gasteiger partial charge in [0.15, 0.2) is 0 Å². The van der Waals surface area contributed by atoms with E-state index in [1.54, 1.807) is 0 Å². The fourth-order valence-corrected chi connectivity index (χ4v) is 3.14. The summed E-state index contributed by atoms with van der Waals surface area (Å²) in [5.74, 6) is 0. The average Bonchev–Trinajstić information content (AvgIpc) is 2.47. The standard InChI is InChI=1S/C16H27N3/c1-17-16(8-4-3-5-9-16)10-13-19(2)14-15-6-11-18-12-7-15/h6-7,11-12,17H,3-5,8-10,13-14H2,1-2H3. The molecule has 1 N–H and O–H groups in total. The summed E-state index contributed by atoms with van der Waals surface area (Å²) in [6.07, 6.45) is 11.9. The summed E-state index contributed by atoms with van der Waals surface area (Å²) in [5, 5.41) is 3.60. The smallest absolute Gasteiger partial charge is 0.0271 e. The highest BCUT2D eigenvalue weighted by Gasteiger charge is 2.29. The van der Waals surface area contributed by atoms with E-state index in [1.807, 2.05) is 12.4 Å². The molecule has 1 fully saturated rings. The zero-order valence-electron chi connectivity index (χ0n) is 12.4. The van der Waals surface area contributed by atoms with Gasteiger partial charge in [-0.2, -0.15) is 0 Å². The molecule has 1 aliphatic carbocycles. The van der Waals surface area contributed by atoms with Gasteiger partial charge in [0.05, 0.1) is 0 Å². The van der Waals surface area contributed by atoms with Crippen molar-refractivity contribution in [1.29, 1.82) is 0 Å². The Balaban J connectivity index is 1.80. The first-order valence-corrected chi connectivity index (χ1v) is 7.50. The Bertz CT molecular complexity index is 358. The number of hydrogen-bond donors (Lipinski definition) is 1. The Morgan fingerprint density at radius 1 is 1.21 bits per heavy atom. The maximum atomic E-state index is 4.07. The normalized spacial score (nSPS) is 18.7. The van der Waals surface area contributed by atoms with E-state index in [9.17, 15) is 0 Å². The van der Waals surface area contributed by atoms with Crippen LogP contribution in [0.15, 0.2) is 24.5 Å². The van der Waals surface area contributed by atoms with Gasteiger partial charge in [-0.15, -0.1) is 0 Å². The summed E-state index contributed by atoms with van der Waals surface area (Å²) in [6, 6.07) is 4.20. The van der Waals surface area contributed by atoms with E-state index >= 15 is 0 Å². The summed E-state index contributed by atoms with van der Waals surface area (Å²) in [7, 11) is 4.35. The van der Waals surface area contributed by atoms with Crippen molar-refractivity contribution in [2.45, 2.75) is 50.6 Å². The van der Waals surface area contributed by atoms with Crippen LogP contribution >= 0.6 is 0 Å². The molecular formula is C16H27N3. The fourth-order valence-electron chi connectivity index (χ4n) is 3.14. The predicted molar refractivity (Wildman–Crippen MR) is 80.1 cm³/mol. The summed E-state index contributed by atoms with van der Waals surface area (Å²) < 4.78 is 0. The lowest BCUT2D eigenvalue weighted by molar-refractivity contribution is 0.194. The van der Waals surface area contributed by atoms with E-state index in [4.69, 9.17) is 0 Å². The molecule has 0 radical (unpaired) electrons. The molecule has 1 aromatic heterocycles. The Morgan fingerprint density at radius 2 is 1.89 bits per heavy atom. The van der Waals surface area contributed by atoms with Gasteiger partial charge in [-0.1, -0.05) is 19.3 Å². The van der Waals surface area contributed by atoms with Crippen LogP contribution in [0.5, 0.6) is 0 Å². The zero-order valence-corrected chi connectivity index (χ0v) is 12.4. The van der Waals surface area contributed by atoms with Crippen molar-refractivity contribution in [1.82, 2.24) is 15.2 Å². The Hall–Kier alpha value is -0.930. The van der Waals surface area contributed by atoms with Crippen LogP contribution in [-0.4, -0.2) is 36.1 Å². The van der Waals surface area contributed by atoms with Crippen molar-refractivity contribution >= 4 is 0 Å². The second-order valence-corrected chi connectivity index (χ2v) is 5.93. The number of nitrogens with one attached hydrogen (secondary N) is 1. The first kappa shape index (κ1) is 14.5. The maximum absolute atomic E-state index is 4.07. The summed E-state index contributed by atoms with van der Waals surface area (Å²) in [4.78, 5) is 6.49. The lowest BCUT2D eigenvalue weighted by atomic mass is 9.79. The molecular weight excluding hydrogens is 234 g/mol. The van der Waals surface area contributed by atoms with Gasteiger partial charge in [0.2, 0.25) is 0 Å². The number of aromatic nitrogens is 1. The van der Waals surface area contributed by atoms with E-state index in [-0.39, 0.29) is 0 Å². The molecule has 0 saturated heterocycles. The van der Waals surface area contributed by atoms with E-state index in [0.29, 0.717) is 5.54 Å². The molecule has 3 nitrogen and oxygen atoms in total. The third-order valence-electron chi connectivity index (χ3n) is 4.51. The van der Waals surface area contributed by atoms with Crippen LogP contribution in [0.4, 0.5) is 0 Å².